The summed E-state index contributed by atoms with van der Waals surface area (Å²) in [5.41, 5.74) is 5.55. The number of fused-ring (bicyclic) bond motifs is 4. The molecule has 3 fully saturated rings. The van der Waals surface area contributed by atoms with Gasteiger partial charge in [-0.2, -0.15) is 0 Å². The first-order valence-corrected chi connectivity index (χ1v) is 24.0. The Bertz CT molecular complexity index is 2360. The normalized spacial score (nSPS) is 18.3. The quantitative estimate of drug-likeness (QED) is 0.0650. The molecule has 3 saturated heterocycles. The summed E-state index contributed by atoms with van der Waals surface area (Å²) in [6.07, 6.45) is 4.38. The van der Waals surface area contributed by atoms with E-state index in [1.165, 1.54) is 6.07 Å². The van der Waals surface area contributed by atoms with E-state index in [9.17, 15) is 24.6 Å². The molecule has 3 aliphatic rings. The number of anilines is 2. The van der Waals surface area contributed by atoms with Crippen LogP contribution in [0.2, 0.25) is 18.1 Å². The zero-order valence-corrected chi connectivity index (χ0v) is 36.4. The predicted octanol–water partition coefficient (Wildman–Crippen LogP) is 8.83. The Morgan fingerprint density at radius 2 is 1.72 bits per heavy atom. The minimum absolute atomic E-state index is 0.00773. The Hall–Kier alpha value is -5.34. The third-order valence-electron chi connectivity index (χ3n) is 12.8. The highest BCUT2D eigenvalue weighted by Crippen LogP contribution is 2.44. The first kappa shape index (κ1) is 42.8. The number of phenolic OH excluding ortho intramolecular Hbond substituents is 1. The fraction of sp³-hybridized carbons (Fsp3) is 0.404. The molecular weight excluding hydrogens is 773 g/mol. The van der Waals surface area contributed by atoms with Gasteiger partial charge in [-0.05, 0) is 97.3 Å². The maximum atomic E-state index is 13.1. The molecule has 5 aromatic rings. The van der Waals surface area contributed by atoms with Gasteiger partial charge in [-0.25, -0.2) is 4.79 Å². The van der Waals surface area contributed by atoms with Crippen LogP contribution in [-0.2, 0) is 22.2 Å². The van der Waals surface area contributed by atoms with Crippen LogP contribution in [0.5, 0.6) is 5.75 Å². The molecule has 12 nitrogen and oxygen atoms in total. The average molecular weight is 831 g/mol. The summed E-state index contributed by atoms with van der Waals surface area (Å²) in [7, 11) is -2.24. The number of carboxylic acid groups (broad SMARTS) is 1. The number of carbonyl (C=O) groups excluding carboxylic acids is 1. The van der Waals surface area contributed by atoms with Crippen molar-refractivity contribution in [3.63, 3.8) is 0 Å². The van der Waals surface area contributed by atoms with Crippen molar-refractivity contribution >= 4 is 42.6 Å². The molecule has 60 heavy (non-hydrogen) atoms. The molecule has 5 heterocycles. The number of hydrogen-bond donors (Lipinski definition) is 5. The molecule has 3 aliphatic heterocycles. The number of aryl methyl sites for hydroxylation is 1. The van der Waals surface area contributed by atoms with Gasteiger partial charge in [0.2, 0.25) is 11.5 Å². The molecule has 0 unspecified atom stereocenters. The second-order valence-corrected chi connectivity index (χ2v) is 22.6. The van der Waals surface area contributed by atoms with Crippen molar-refractivity contribution in [2.75, 3.05) is 36.4 Å². The lowest BCUT2D eigenvalue weighted by molar-refractivity contribution is -0.116. The van der Waals surface area contributed by atoms with Gasteiger partial charge in [0.1, 0.15) is 5.75 Å². The van der Waals surface area contributed by atoms with Gasteiger partial charge in [0.25, 0.3) is 0 Å². The number of nitrogens with one attached hydrogen (secondary N) is 3. The molecule has 8 rings (SSSR count). The van der Waals surface area contributed by atoms with Crippen molar-refractivity contribution in [2.24, 2.45) is 0 Å². The van der Waals surface area contributed by atoms with Crippen LogP contribution in [0.3, 0.4) is 0 Å². The van der Waals surface area contributed by atoms with Crippen molar-refractivity contribution in [3.05, 3.63) is 118 Å². The highest BCUT2D eigenvalue weighted by molar-refractivity contribution is 6.74. The lowest BCUT2D eigenvalue weighted by Crippen LogP contribution is -2.62. The summed E-state index contributed by atoms with van der Waals surface area (Å²) in [5, 5.41) is 28.4. The number of benzene rings is 3. The second-order valence-electron chi connectivity index (χ2n) is 17.9. The molecule has 2 amide bonds. The third kappa shape index (κ3) is 9.49. The maximum absolute atomic E-state index is 13.1. The minimum atomic E-state index is -2.24. The van der Waals surface area contributed by atoms with Gasteiger partial charge in [-0.3, -0.25) is 19.5 Å². The summed E-state index contributed by atoms with van der Waals surface area (Å²) in [4.78, 5) is 49.7. The standard InChI is InChI=1S/C47H58N6O6Si/c1-46(2,3)60(4,5)59-41(37-18-20-40(54)44-38(37)19-21-43(56)51-44)31-48-29-34-15-16-35(30-49-34)50-42(55)13-9-10-32-14-17-36(33-11-7-6-8-12-33)39(28-32)53(45(57)58)47-22-25-52(26-23-47)27-24-47/h6-8,11-12,14-21,28,30,41,48,54H,9-10,13,22-27,29,31H2,1-5H3,(H,50,55)(H,51,56)(H,57,58)/t41-/m1/s1. The molecule has 13 heteroatoms. The van der Waals surface area contributed by atoms with Gasteiger partial charge in [0.05, 0.1) is 40.4 Å². The summed E-state index contributed by atoms with van der Waals surface area (Å²) < 4.78 is 6.92. The number of aromatic nitrogens is 2. The Morgan fingerprint density at radius 1 is 0.983 bits per heavy atom. The highest BCUT2D eigenvalue weighted by Gasteiger charge is 2.47. The van der Waals surface area contributed by atoms with Crippen LogP contribution in [0, 0.1) is 0 Å². The summed E-state index contributed by atoms with van der Waals surface area (Å²) in [6.45, 7) is 14.6. The van der Waals surface area contributed by atoms with E-state index in [0.29, 0.717) is 43.6 Å². The Morgan fingerprint density at radius 3 is 2.38 bits per heavy atom. The van der Waals surface area contributed by atoms with Gasteiger partial charge < -0.3 is 35.2 Å². The first-order chi connectivity index (χ1) is 28.6. The van der Waals surface area contributed by atoms with Crippen molar-refractivity contribution < 1.29 is 24.2 Å². The molecule has 2 bridgehead atoms. The lowest BCUT2D eigenvalue weighted by Gasteiger charge is -2.53. The van der Waals surface area contributed by atoms with Crippen LogP contribution in [-0.4, -0.2) is 77.1 Å². The summed E-state index contributed by atoms with van der Waals surface area (Å²) in [5.74, 6) is -0.106. The topological polar surface area (TPSA) is 160 Å². The van der Waals surface area contributed by atoms with Gasteiger partial charge in [-0.1, -0.05) is 69.3 Å². The number of hydrogen-bond acceptors (Lipinski definition) is 8. The van der Waals surface area contributed by atoms with E-state index in [-0.39, 0.29) is 28.4 Å². The van der Waals surface area contributed by atoms with E-state index < -0.39 is 19.9 Å². The van der Waals surface area contributed by atoms with Crippen LogP contribution < -0.4 is 21.1 Å². The van der Waals surface area contributed by atoms with Crippen molar-refractivity contribution in [2.45, 2.75) is 95.6 Å². The van der Waals surface area contributed by atoms with Crippen LogP contribution in [0.25, 0.3) is 22.0 Å². The second kappa shape index (κ2) is 17.7. The number of aromatic amines is 1. The number of carbonyl (C=O) groups is 2. The van der Waals surface area contributed by atoms with Crippen LogP contribution in [0.1, 0.15) is 75.8 Å². The average Bonchev–Trinajstić information content (AvgIpc) is 3.22. The van der Waals surface area contributed by atoms with Crippen LogP contribution in [0.4, 0.5) is 16.2 Å². The van der Waals surface area contributed by atoms with E-state index in [4.69, 9.17) is 4.43 Å². The van der Waals surface area contributed by atoms with E-state index in [1.54, 1.807) is 23.2 Å². The summed E-state index contributed by atoms with van der Waals surface area (Å²) in [6, 6.07) is 26.5. The first-order valence-electron chi connectivity index (χ1n) is 21.0. The minimum Gasteiger partial charge on any atom is -0.506 e. The SMILES string of the molecule is CC(C)(C)[Si](C)(C)O[C@H](CNCc1ccc(NC(=O)CCCc2ccc(-c3ccccc3)c(N(C(=O)O)C34CCN(CC3)CC4)c2)cn1)c1ccc(O)c2[nH]c(=O)ccc12. The number of piperidine rings is 3. The monoisotopic (exact) mass is 830 g/mol. The zero-order chi connectivity index (χ0) is 42.7. The van der Waals surface area contributed by atoms with E-state index >= 15 is 0 Å². The molecule has 316 valence electrons. The Kier molecular flexibility index (Phi) is 12.6. The van der Waals surface area contributed by atoms with Crippen molar-refractivity contribution in [3.8, 4) is 16.9 Å². The predicted molar refractivity (Wildman–Crippen MR) is 240 cm³/mol. The van der Waals surface area contributed by atoms with Crippen LogP contribution in [0.15, 0.2) is 95.9 Å². The number of H-pyrrole nitrogens is 1. The number of phenols is 1. The molecule has 5 N–H and O–H groups in total. The number of pyridine rings is 2. The number of nitrogens with zero attached hydrogens (tertiary/aromatic N) is 3. The largest absolute Gasteiger partial charge is 0.506 e. The van der Waals surface area contributed by atoms with Gasteiger partial charge in [0, 0.05) is 56.2 Å². The van der Waals surface area contributed by atoms with Crippen LogP contribution >= 0.6 is 0 Å². The molecule has 0 spiro atoms. The van der Waals surface area contributed by atoms with Gasteiger partial charge >= 0.3 is 6.09 Å². The lowest BCUT2D eigenvalue weighted by atomic mass is 9.78. The van der Waals surface area contributed by atoms with Crippen molar-refractivity contribution in [1.82, 2.24) is 20.2 Å². The Balaban J connectivity index is 0.971. The number of amides is 2. The third-order valence-corrected chi connectivity index (χ3v) is 17.3. The van der Waals surface area contributed by atoms with Gasteiger partial charge in [0.15, 0.2) is 8.32 Å². The van der Waals surface area contributed by atoms with E-state index in [2.05, 4.69) is 65.4 Å². The molecule has 3 aromatic carbocycles. The fourth-order valence-corrected chi connectivity index (χ4v) is 9.66. The molecule has 0 aliphatic carbocycles. The molecular formula is C47H58N6O6Si. The highest BCUT2D eigenvalue weighted by atomic mass is 28.4. The summed E-state index contributed by atoms with van der Waals surface area (Å²) >= 11 is 0. The Labute approximate surface area is 353 Å². The molecule has 2 aromatic heterocycles. The fourth-order valence-electron chi connectivity index (χ4n) is 8.38. The molecule has 1 atom stereocenters. The maximum Gasteiger partial charge on any atom is 0.412 e. The van der Waals surface area contributed by atoms with E-state index in [0.717, 1.165) is 77.9 Å². The molecule has 0 radical (unpaired) electrons. The number of rotatable bonds is 15. The van der Waals surface area contributed by atoms with Gasteiger partial charge in [-0.15, -0.1) is 0 Å². The number of aromatic hydroxyl groups is 1. The molecule has 0 saturated carbocycles. The van der Waals surface area contributed by atoms with Crippen molar-refractivity contribution in [1.29, 1.82) is 0 Å². The van der Waals surface area contributed by atoms with E-state index in [1.807, 2.05) is 60.7 Å². The smallest absolute Gasteiger partial charge is 0.412 e. The zero-order valence-electron chi connectivity index (χ0n) is 35.4.